The van der Waals surface area contributed by atoms with Crippen molar-refractivity contribution in [1.82, 2.24) is 24.4 Å². The first-order valence-corrected chi connectivity index (χ1v) is 15.9. The van der Waals surface area contributed by atoms with E-state index in [0.717, 1.165) is 51.6 Å². The monoisotopic (exact) mass is 605 g/mol. The number of rotatable bonds is 12. The lowest BCUT2D eigenvalue weighted by molar-refractivity contribution is 0.305. The van der Waals surface area contributed by atoms with E-state index in [1.165, 1.54) is 35.1 Å². The predicted octanol–water partition coefficient (Wildman–Crippen LogP) is 6.88. The molecular formula is C35H35N5O3S. The van der Waals surface area contributed by atoms with E-state index in [4.69, 9.17) is 14.6 Å². The van der Waals surface area contributed by atoms with E-state index >= 15 is 0 Å². The standard InChI is InChI=1S/C35H35N5O3S/c1-4-6-7-11-20-43-29-17-14-25(15-18-29)33-36-35-40(38-33)34(41)31(44-35)22-27-23-39(28-12-9-8-10-13-28)37-32(27)26-16-19-30(42-5-2)24(3)21-26/h8-10,12-19,21-23H,4-7,11,20H2,1-3H3. The molecule has 0 fully saturated rings. The van der Waals surface area contributed by atoms with Crippen LogP contribution in [-0.4, -0.2) is 37.6 Å². The highest BCUT2D eigenvalue weighted by Gasteiger charge is 2.16. The van der Waals surface area contributed by atoms with Gasteiger partial charge in [-0.1, -0.05) is 55.7 Å². The second kappa shape index (κ2) is 13.3. The number of thiazole rings is 1. The van der Waals surface area contributed by atoms with Gasteiger partial charge in [0.25, 0.3) is 5.56 Å². The lowest BCUT2D eigenvalue weighted by atomic mass is 10.0. The summed E-state index contributed by atoms with van der Waals surface area (Å²) in [5.41, 5.74) is 5.11. The average molecular weight is 606 g/mol. The van der Waals surface area contributed by atoms with Crippen molar-refractivity contribution in [2.45, 2.75) is 46.5 Å². The number of nitrogens with zero attached hydrogens (tertiary/aromatic N) is 5. The zero-order chi connectivity index (χ0) is 30.5. The van der Waals surface area contributed by atoms with Gasteiger partial charge in [-0.2, -0.15) is 14.6 Å². The molecule has 6 rings (SSSR count). The number of benzene rings is 3. The van der Waals surface area contributed by atoms with Gasteiger partial charge >= 0.3 is 0 Å². The molecule has 6 aromatic rings. The van der Waals surface area contributed by atoms with Gasteiger partial charge in [0.05, 0.1) is 23.4 Å². The summed E-state index contributed by atoms with van der Waals surface area (Å²) >= 11 is 1.32. The van der Waals surface area contributed by atoms with E-state index in [2.05, 4.69) is 23.1 Å². The molecule has 0 N–H and O–H groups in total. The van der Waals surface area contributed by atoms with Crippen molar-refractivity contribution in [3.8, 4) is 39.8 Å². The van der Waals surface area contributed by atoms with E-state index in [1.807, 2.05) is 97.5 Å². The maximum Gasteiger partial charge on any atom is 0.291 e. The smallest absolute Gasteiger partial charge is 0.291 e. The molecule has 0 bridgehead atoms. The number of aromatic nitrogens is 5. The molecule has 3 aromatic heterocycles. The fraction of sp³-hybridized carbons (Fsp3) is 0.257. The topological polar surface area (TPSA) is 83.5 Å². The predicted molar refractivity (Wildman–Crippen MR) is 176 cm³/mol. The first-order chi connectivity index (χ1) is 21.5. The molecule has 44 heavy (non-hydrogen) atoms. The van der Waals surface area contributed by atoms with Crippen LogP contribution in [0.3, 0.4) is 0 Å². The summed E-state index contributed by atoms with van der Waals surface area (Å²) < 4.78 is 15.4. The van der Waals surface area contributed by atoms with Crippen molar-refractivity contribution in [3.05, 3.63) is 105 Å². The van der Waals surface area contributed by atoms with Gasteiger partial charge in [-0.3, -0.25) is 4.79 Å². The van der Waals surface area contributed by atoms with Gasteiger partial charge < -0.3 is 9.47 Å². The summed E-state index contributed by atoms with van der Waals surface area (Å²) in [7, 11) is 0. The SMILES string of the molecule is CCCCCCOc1ccc(-c2nc3sc(=Cc4cn(-c5ccccc5)nc4-c4ccc(OCC)c(C)c4)c(=O)n3n2)cc1. The van der Waals surface area contributed by atoms with Gasteiger partial charge in [0.2, 0.25) is 4.96 Å². The Hall–Kier alpha value is -4.76. The molecule has 224 valence electrons. The molecule has 0 saturated heterocycles. The highest BCUT2D eigenvalue weighted by Crippen LogP contribution is 2.29. The number of hydrogen-bond donors (Lipinski definition) is 0. The van der Waals surface area contributed by atoms with Gasteiger partial charge in [-0.25, -0.2) is 4.68 Å². The lowest BCUT2D eigenvalue weighted by Gasteiger charge is -2.08. The molecule has 0 spiro atoms. The van der Waals surface area contributed by atoms with Crippen LogP contribution in [0.25, 0.3) is 39.4 Å². The van der Waals surface area contributed by atoms with Crippen LogP contribution in [0, 0.1) is 6.92 Å². The van der Waals surface area contributed by atoms with Gasteiger partial charge in [0, 0.05) is 22.9 Å². The largest absolute Gasteiger partial charge is 0.494 e. The summed E-state index contributed by atoms with van der Waals surface area (Å²) in [5.74, 6) is 2.18. The Morgan fingerprint density at radius 3 is 2.41 bits per heavy atom. The normalized spacial score (nSPS) is 11.8. The molecule has 0 atom stereocenters. The molecule has 3 heterocycles. The van der Waals surface area contributed by atoms with Crippen LogP contribution in [0.15, 0.2) is 83.8 Å². The van der Waals surface area contributed by atoms with Crippen LogP contribution >= 0.6 is 11.3 Å². The molecule has 0 unspecified atom stereocenters. The maximum atomic E-state index is 13.5. The summed E-state index contributed by atoms with van der Waals surface area (Å²) in [5, 5.41) is 9.48. The molecule has 8 nitrogen and oxygen atoms in total. The minimum atomic E-state index is -0.211. The zero-order valence-electron chi connectivity index (χ0n) is 25.2. The molecule has 0 aliphatic rings. The molecule has 0 aliphatic carbocycles. The maximum absolute atomic E-state index is 13.5. The van der Waals surface area contributed by atoms with Crippen molar-refractivity contribution in [1.29, 1.82) is 0 Å². The Morgan fingerprint density at radius 2 is 1.68 bits per heavy atom. The number of ether oxygens (including phenoxy) is 2. The zero-order valence-corrected chi connectivity index (χ0v) is 26.0. The Morgan fingerprint density at radius 1 is 0.886 bits per heavy atom. The Balaban J connectivity index is 1.31. The quantitative estimate of drug-likeness (QED) is 0.141. The third-order valence-electron chi connectivity index (χ3n) is 7.36. The number of fused-ring (bicyclic) bond motifs is 1. The lowest BCUT2D eigenvalue weighted by Crippen LogP contribution is -2.23. The molecule has 3 aromatic carbocycles. The minimum Gasteiger partial charge on any atom is -0.494 e. The fourth-order valence-corrected chi connectivity index (χ4v) is 5.96. The minimum absolute atomic E-state index is 0.211. The number of aryl methyl sites for hydroxylation is 1. The van der Waals surface area contributed by atoms with Gasteiger partial charge in [-0.05, 0) is 86.5 Å². The first kappa shape index (κ1) is 29.3. The van der Waals surface area contributed by atoms with E-state index in [1.54, 1.807) is 0 Å². The summed E-state index contributed by atoms with van der Waals surface area (Å²) in [6.45, 7) is 7.50. The van der Waals surface area contributed by atoms with Crippen LogP contribution in [0.5, 0.6) is 11.5 Å². The third-order valence-corrected chi connectivity index (χ3v) is 8.32. The van der Waals surface area contributed by atoms with Crippen molar-refractivity contribution in [2.75, 3.05) is 13.2 Å². The van der Waals surface area contributed by atoms with Gasteiger partial charge in [0.1, 0.15) is 17.2 Å². The molecule has 0 saturated carbocycles. The Labute approximate surface area is 260 Å². The van der Waals surface area contributed by atoms with E-state index in [-0.39, 0.29) is 5.56 Å². The third kappa shape index (κ3) is 6.28. The highest BCUT2D eigenvalue weighted by molar-refractivity contribution is 7.15. The van der Waals surface area contributed by atoms with Gasteiger partial charge in [-0.15, -0.1) is 5.10 Å². The van der Waals surface area contributed by atoms with E-state index in [0.29, 0.717) is 28.5 Å². The van der Waals surface area contributed by atoms with Gasteiger partial charge in [0.15, 0.2) is 5.82 Å². The molecule has 0 radical (unpaired) electrons. The van der Waals surface area contributed by atoms with Crippen molar-refractivity contribution < 1.29 is 9.47 Å². The Bertz CT molecular complexity index is 1980. The molecule has 0 amide bonds. The molecular weight excluding hydrogens is 570 g/mol. The molecule has 9 heteroatoms. The van der Waals surface area contributed by atoms with Crippen LogP contribution in [0.4, 0.5) is 0 Å². The first-order valence-electron chi connectivity index (χ1n) is 15.1. The summed E-state index contributed by atoms with van der Waals surface area (Å²) in [6, 6.07) is 23.7. The van der Waals surface area contributed by atoms with Crippen LogP contribution in [-0.2, 0) is 0 Å². The van der Waals surface area contributed by atoms with Crippen molar-refractivity contribution in [2.24, 2.45) is 0 Å². The second-order valence-corrected chi connectivity index (χ2v) is 11.6. The number of unbranched alkanes of at least 4 members (excludes halogenated alkanes) is 3. The van der Waals surface area contributed by atoms with E-state index in [9.17, 15) is 4.79 Å². The van der Waals surface area contributed by atoms with Crippen LogP contribution in [0.2, 0.25) is 0 Å². The number of para-hydroxylation sites is 1. The van der Waals surface area contributed by atoms with Crippen LogP contribution in [0.1, 0.15) is 50.7 Å². The van der Waals surface area contributed by atoms with Crippen molar-refractivity contribution in [3.63, 3.8) is 0 Å². The highest BCUT2D eigenvalue weighted by atomic mass is 32.1. The summed E-state index contributed by atoms with van der Waals surface area (Å²) in [4.78, 5) is 18.7. The Kier molecular flexibility index (Phi) is 8.84. The van der Waals surface area contributed by atoms with Crippen LogP contribution < -0.4 is 19.6 Å². The molecule has 0 aliphatic heterocycles. The second-order valence-electron chi connectivity index (χ2n) is 10.6. The number of hydrogen-bond acceptors (Lipinski definition) is 7. The fourth-order valence-electron chi connectivity index (χ4n) is 5.06. The van der Waals surface area contributed by atoms with E-state index < -0.39 is 0 Å². The average Bonchev–Trinajstić information content (AvgIpc) is 3.74. The summed E-state index contributed by atoms with van der Waals surface area (Å²) in [6.07, 6.45) is 8.49. The van der Waals surface area contributed by atoms with Crippen molar-refractivity contribution >= 4 is 22.4 Å².